The molecule has 5 heteroatoms. The molecule has 1 aliphatic heterocycles. The number of thiophene rings is 1. The zero-order valence-corrected chi connectivity index (χ0v) is 11.6. The number of hydrogen-bond donors (Lipinski definition) is 1. The lowest BCUT2D eigenvalue weighted by molar-refractivity contribution is 0.0619. The van der Waals surface area contributed by atoms with Gasteiger partial charge in [0.05, 0.1) is 11.5 Å². The molecule has 4 nitrogen and oxygen atoms in total. The molecule has 0 saturated carbocycles. The summed E-state index contributed by atoms with van der Waals surface area (Å²) in [7, 11) is 0. The number of amides is 1. The monoisotopic (exact) mass is 268 g/mol. The van der Waals surface area contributed by atoms with Crippen LogP contribution in [0.3, 0.4) is 0 Å². The Kier molecular flexibility index (Phi) is 4.74. The van der Waals surface area contributed by atoms with Gasteiger partial charge in [-0.2, -0.15) is 0 Å². The number of hydrogen-bond acceptors (Lipinski definition) is 4. The molecule has 2 heterocycles. The Balaban J connectivity index is 1.91. The van der Waals surface area contributed by atoms with Crippen LogP contribution >= 0.6 is 11.3 Å². The van der Waals surface area contributed by atoms with Crippen molar-refractivity contribution in [2.75, 3.05) is 39.3 Å². The molecule has 0 radical (unpaired) electrons. The minimum atomic E-state index is 0.156. The number of aryl methyl sites for hydroxylation is 1. The van der Waals surface area contributed by atoms with Crippen molar-refractivity contribution in [2.24, 2.45) is 0 Å². The smallest absolute Gasteiger partial charge is 0.264 e. The van der Waals surface area contributed by atoms with Gasteiger partial charge in [0.2, 0.25) is 0 Å². The molecular formula is C13H20N2O2S. The Morgan fingerprint density at radius 2 is 2.06 bits per heavy atom. The average Bonchev–Trinajstić information content (AvgIpc) is 2.88. The van der Waals surface area contributed by atoms with Crippen molar-refractivity contribution in [1.82, 2.24) is 9.80 Å². The van der Waals surface area contributed by atoms with Crippen molar-refractivity contribution < 1.29 is 9.90 Å². The van der Waals surface area contributed by atoms with E-state index in [1.165, 1.54) is 4.88 Å². The maximum atomic E-state index is 12.3. The number of nitrogens with zero attached hydrogens (tertiary/aromatic N) is 2. The molecule has 1 aliphatic rings. The van der Waals surface area contributed by atoms with Gasteiger partial charge >= 0.3 is 0 Å². The molecule has 0 atom stereocenters. The fourth-order valence-electron chi connectivity index (χ4n) is 2.15. The van der Waals surface area contributed by atoms with Crippen LogP contribution in [-0.2, 0) is 6.42 Å². The van der Waals surface area contributed by atoms with Crippen molar-refractivity contribution >= 4 is 17.2 Å². The van der Waals surface area contributed by atoms with Crippen molar-refractivity contribution in [3.05, 3.63) is 21.9 Å². The van der Waals surface area contributed by atoms with Crippen LogP contribution in [0.5, 0.6) is 0 Å². The molecule has 1 aromatic heterocycles. The molecular weight excluding hydrogens is 248 g/mol. The standard InChI is InChI=1S/C13H20N2O2S/c1-2-11-3-4-12(18-11)13(17)15-7-5-14(6-8-15)9-10-16/h3-4,16H,2,5-10H2,1H3. The van der Waals surface area contributed by atoms with Crippen LogP contribution in [0, 0.1) is 0 Å². The molecule has 0 aromatic carbocycles. The van der Waals surface area contributed by atoms with Crippen LogP contribution in [0.4, 0.5) is 0 Å². The zero-order valence-electron chi connectivity index (χ0n) is 10.8. The first kappa shape index (κ1) is 13.5. The van der Waals surface area contributed by atoms with Gasteiger partial charge < -0.3 is 10.0 Å². The van der Waals surface area contributed by atoms with Gasteiger partial charge in [-0.05, 0) is 18.6 Å². The van der Waals surface area contributed by atoms with E-state index < -0.39 is 0 Å². The van der Waals surface area contributed by atoms with E-state index in [0.29, 0.717) is 6.54 Å². The molecule has 1 amide bonds. The summed E-state index contributed by atoms with van der Waals surface area (Å²) < 4.78 is 0. The number of rotatable bonds is 4. The molecule has 1 fully saturated rings. The zero-order chi connectivity index (χ0) is 13.0. The van der Waals surface area contributed by atoms with E-state index in [0.717, 1.165) is 37.5 Å². The fourth-order valence-corrected chi connectivity index (χ4v) is 3.07. The Morgan fingerprint density at radius 1 is 1.33 bits per heavy atom. The van der Waals surface area contributed by atoms with Gasteiger partial charge in [-0.3, -0.25) is 9.69 Å². The summed E-state index contributed by atoms with van der Waals surface area (Å²) >= 11 is 1.60. The second-order valence-corrected chi connectivity index (χ2v) is 5.65. The molecule has 18 heavy (non-hydrogen) atoms. The normalized spacial score (nSPS) is 17.1. The third kappa shape index (κ3) is 3.10. The molecule has 0 aliphatic carbocycles. The topological polar surface area (TPSA) is 43.8 Å². The maximum absolute atomic E-state index is 12.3. The van der Waals surface area contributed by atoms with Crippen LogP contribution in [0.15, 0.2) is 12.1 Å². The van der Waals surface area contributed by atoms with E-state index >= 15 is 0 Å². The Bertz CT molecular complexity index is 397. The molecule has 0 unspecified atom stereocenters. The largest absolute Gasteiger partial charge is 0.395 e. The number of carbonyl (C=O) groups is 1. The first-order chi connectivity index (χ1) is 8.74. The first-order valence-corrected chi connectivity index (χ1v) is 7.27. The lowest BCUT2D eigenvalue weighted by Gasteiger charge is -2.34. The van der Waals surface area contributed by atoms with Gasteiger partial charge in [0.1, 0.15) is 0 Å². The number of aliphatic hydroxyl groups is 1. The molecule has 1 saturated heterocycles. The highest BCUT2D eigenvalue weighted by atomic mass is 32.1. The summed E-state index contributed by atoms with van der Waals surface area (Å²) in [6.45, 7) is 6.25. The highest BCUT2D eigenvalue weighted by Crippen LogP contribution is 2.19. The maximum Gasteiger partial charge on any atom is 0.264 e. The van der Waals surface area contributed by atoms with Crippen molar-refractivity contribution in [1.29, 1.82) is 0 Å². The highest BCUT2D eigenvalue weighted by Gasteiger charge is 2.22. The quantitative estimate of drug-likeness (QED) is 0.888. The van der Waals surface area contributed by atoms with E-state index in [-0.39, 0.29) is 12.5 Å². The lowest BCUT2D eigenvalue weighted by atomic mass is 10.3. The predicted molar refractivity (Wildman–Crippen MR) is 73.1 cm³/mol. The number of β-amino-alcohol motifs (C(OH)–C–C–N with tert-alkyl or cyclic N) is 1. The van der Waals surface area contributed by atoms with Gasteiger partial charge in [0, 0.05) is 37.6 Å². The second kappa shape index (κ2) is 6.31. The van der Waals surface area contributed by atoms with Crippen LogP contribution in [0.2, 0.25) is 0 Å². The van der Waals surface area contributed by atoms with Gasteiger partial charge in [-0.1, -0.05) is 6.92 Å². The van der Waals surface area contributed by atoms with Gasteiger partial charge in [0.15, 0.2) is 0 Å². The Morgan fingerprint density at radius 3 is 2.61 bits per heavy atom. The minimum absolute atomic E-state index is 0.156. The van der Waals surface area contributed by atoms with Gasteiger partial charge in [0.25, 0.3) is 5.91 Å². The summed E-state index contributed by atoms with van der Waals surface area (Å²) in [4.78, 5) is 18.5. The van der Waals surface area contributed by atoms with E-state index in [9.17, 15) is 4.79 Å². The second-order valence-electron chi connectivity index (χ2n) is 4.48. The summed E-state index contributed by atoms with van der Waals surface area (Å²) in [5.74, 6) is 0.156. The van der Waals surface area contributed by atoms with E-state index in [1.807, 2.05) is 17.0 Å². The van der Waals surface area contributed by atoms with Crippen LogP contribution in [0.1, 0.15) is 21.5 Å². The van der Waals surface area contributed by atoms with E-state index in [2.05, 4.69) is 11.8 Å². The summed E-state index contributed by atoms with van der Waals surface area (Å²) in [6, 6.07) is 3.98. The van der Waals surface area contributed by atoms with Crippen molar-refractivity contribution in [3.63, 3.8) is 0 Å². The predicted octanol–water partition coefficient (Wildman–Crippen LogP) is 1.06. The SMILES string of the molecule is CCc1ccc(C(=O)N2CCN(CCO)CC2)s1. The first-order valence-electron chi connectivity index (χ1n) is 6.45. The summed E-state index contributed by atoms with van der Waals surface area (Å²) in [5, 5.41) is 8.88. The number of aliphatic hydroxyl groups excluding tert-OH is 1. The number of piperazine rings is 1. The molecule has 1 aromatic rings. The lowest BCUT2D eigenvalue weighted by Crippen LogP contribution is -2.49. The van der Waals surface area contributed by atoms with Gasteiger partial charge in [-0.15, -0.1) is 11.3 Å². The molecule has 0 spiro atoms. The number of carbonyl (C=O) groups excluding carboxylic acids is 1. The summed E-state index contributed by atoms with van der Waals surface area (Å²) in [6.07, 6.45) is 0.988. The van der Waals surface area contributed by atoms with Crippen LogP contribution in [-0.4, -0.2) is 60.1 Å². The highest BCUT2D eigenvalue weighted by molar-refractivity contribution is 7.14. The average molecular weight is 268 g/mol. The third-order valence-corrected chi connectivity index (χ3v) is 4.51. The summed E-state index contributed by atoms with van der Waals surface area (Å²) in [5.41, 5.74) is 0. The Labute approximate surface area is 112 Å². The van der Waals surface area contributed by atoms with Gasteiger partial charge in [-0.25, -0.2) is 0 Å². The molecule has 1 N–H and O–H groups in total. The Hall–Kier alpha value is -0.910. The van der Waals surface area contributed by atoms with Crippen molar-refractivity contribution in [3.8, 4) is 0 Å². The fraction of sp³-hybridized carbons (Fsp3) is 0.615. The molecule has 100 valence electrons. The third-order valence-electron chi connectivity index (χ3n) is 3.30. The van der Waals surface area contributed by atoms with Crippen molar-refractivity contribution in [2.45, 2.75) is 13.3 Å². The van der Waals surface area contributed by atoms with E-state index in [4.69, 9.17) is 5.11 Å². The molecule has 0 bridgehead atoms. The minimum Gasteiger partial charge on any atom is -0.395 e. The van der Waals surface area contributed by atoms with Crippen LogP contribution < -0.4 is 0 Å². The van der Waals surface area contributed by atoms with E-state index in [1.54, 1.807) is 11.3 Å². The molecule has 2 rings (SSSR count). The van der Waals surface area contributed by atoms with Crippen LogP contribution in [0.25, 0.3) is 0 Å².